The number of amides is 1. The number of methoxy groups -OCH3 is 1. The molecule has 1 atom stereocenters. The Morgan fingerprint density at radius 3 is 2.80 bits per heavy atom. The highest BCUT2D eigenvalue weighted by Gasteiger charge is 2.43. The number of likely N-dealkylation sites (tertiary alicyclic amines) is 1. The van der Waals surface area contributed by atoms with Crippen molar-refractivity contribution in [2.75, 3.05) is 33.4 Å². The summed E-state index contributed by atoms with van der Waals surface area (Å²) < 4.78 is 10.7. The molecule has 1 aromatic rings. The molecule has 2 rings (SSSR count). The molecule has 1 saturated heterocycles. The van der Waals surface area contributed by atoms with Crippen LogP contribution < -0.4 is 4.74 Å². The minimum atomic E-state index is -1.04. The van der Waals surface area contributed by atoms with E-state index >= 15 is 0 Å². The van der Waals surface area contributed by atoms with Crippen molar-refractivity contribution in [3.05, 3.63) is 28.8 Å². The minimum Gasteiger partial charge on any atom is -0.492 e. The Morgan fingerprint density at radius 1 is 1.40 bits per heavy atom. The van der Waals surface area contributed by atoms with E-state index in [1.165, 1.54) is 7.11 Å². The number of benzene rings is 1. The van der Waals surface area contributed by atoms with Crippen LogP contribution in [0.1, 0.15) is 25.3 Å². The Labute approximate surface area is 152 Å². The second kappa shape index (κ2) is 8.54. The van der Waals surface area contributed by atoms with E-state index in [4.69, 9.17) is 21.1 Å². The van der Waals surface area contributed by atoms with Gasteiger partial charge in [-0.1, -0.05) is 23.7 Å². The van der Waals surface area contributed by atoms with E-state index in [-0.39, 0.29) is 25.5 Å². The van der Waals surface area contributed by atoms with Crippen LogP contribution >= 0.6 is 11.6 Å². The molecule has 6 nitrogen and oxygen atoms in total. The molecule has 1 amide bonds. The summed E-state index contributed by atoms with van der Waals surface area (Å²) in [6, 6.07) is 5.30. The fourth-order valence-corrected chi connectivity index (χ4v) is 3.50. The van der Waals surface area contributed by atoms with Crippen molar-refractivity contribution in [2.24, 2.45) is 5.41 Å². The first-order valence-electron chi connectivity index (χ1n) is 8.34. The van der Waals surface area contributed by atoms with Gasteiger partial charge in [0.15, 0.2) is 0 Å². The zero-order chi connectivity index (χ0) is 18.4. The number of hydrogen-bond acceptors (Lipinski definition) is 4. The van der Waals surface area contributed by atoms with E-state index < -0.39 is 11.4 Å². The number of carbonyl (C=O) groups is 2. The van der Waals surface area contributed by atoms with E-state index in [9.17, 15) is 14.7 Å². The van der Waals surface area contributed by atoms with Crippen LogP contribution in [0.15, 0.2) is 18.2 Å². The summed E-state index contributed by atoms with van der Waals surface area (Å²) in [6.07, 6.45) is 1.26. The lowest BCUT2D eigenvalue weighted by molar-refractivity contribution is -0.159. The van der Waals surface area contributed by atoms with Gasteiger partial charge in [-0.25, -0.2) is 0 Å². The highest BCUT2D eigenvalue weighted by molar-refractivity contribution is 6.32. The van der Waals surface area contributed by atoms with Crippen LogP contribution in [0, 0.1) is 5.41 Å². The van der Waals surface area contributed by atoms with Gasteiger partial charge < -0.3 is 19.5 Å². The number of para-hydroxylation sites is 1. The summed E-state index contributed by atoms with van der Waals surface area (Å²) in [5.41, 5.74) is -0.336. The number of hydrogen-bond donors (Lipinski definition) is 1. The Bertz CT molecular complexity index is 632. The maximum Gasteiger partial charge on any atom is 0.313 e. The van der Waals surface area contributed by atoms with E-state index in [1.807, 2.05) is 6.92 Å². The lowest BCUT2D eigenvalue weighted by Crippen LogP contribution is -2.52. The van der Waals surface area contributed by atoms with Crippen LogP contribution in [0.2, 0.25) is 5.02 Å². The zero-order valence-corrected chi connectivity index (χ0v) is 15.3. The molecule has 1 N–H and O–H groups in total. The average molecular weight is 370 g/mol. The summed E-state index contributed by atoms with van der Waals surface area (Å²) in [4.78, 5) is 26.1. The summed E-state index contributed by atoms with van der Waals surface area (Å²) in [7, 11) is 1.48. The van der Waals surface area contributed by atoms with Gasteiger partial charge >= 0.3 is 5.97 Å². The summed E-state index contributed by atoms with van der Waals surface area (Å²) in [5, 5.41) is 10.1. The van der Waals surface area contributed by atoms with E-state index in [2.05, 4.69) is 0 Å². The second-order valence-corrected chi connectivity index (χ2v) is 6.68. The van der Waals surface area contributed by atoms with Crippen LogP contribution in [0.5, 0.6) is 5.75 Å². The van der Waals surface area contributed by atoms with Gasteiger partial charge in [-0.3, -0.25) is 9.59 Å². The van der Waals surface area contributed by atoms with Crippen LogP contribution in [0.25, 0.3) is 0 Å². The number of carboxylic acid groups (broad SMARTS) is 1. The SMILES string of the molecule is CCOc1c(Cl)cccc1CC(=O)N1CCCC(COC)(C(=O)O)C1. The number of ether oxygens (including phenoxy) is 2. The van der Waals surface area contributed by atoms with Gasteiger partial charge in [0, 0.05) is 25.8 Å². The Kier molecular flexibility index (Phi) is 6.67. The van der Waals surface area contributed by atoms with E-state index in [0.717, 1.165) is 0 Å². The molecular weight excluding hydrogens is 346 g/mol. The van der Waals surface area contributed by atoms with Crippen molar-refractivity contribution in [1.29, 1.82) is 0 Å². The Balaban J connectivity index is 2.16. The lowest BCUT2D eigenvalue weighted by Gasteiger charge is -2.39. The van der Waals surface area contributed by atoms with E-state index in [0.29, 0.717) is 42.3 Å². The van der Waals surface area contributed by atoms with Crippen molar-refractivity contribution in [2.45, 2.75) is 26.2 Å². The second-order valence-electron chi connectivity index (χ2n) is 6.28. The van der Waals surface area contributed by atoms with Gasteiger partial charge in [0.2, 0.25) is 5.91 Å². The number of rotatable bonds is 7. The first kappa shape index (κ1) is 19.5. The quantitative estimate of drug-likeness (QED) is 0.799. The predicted molar refractivity (Wildman–Crippen MR) is 94.1 cm³/mol. The Morgan fingerprint density at radius 2 is 2.16 bits per heavy atom. The Hall–Kier alpha value is -1.79. The zero-order valence-electron chi connectivity index (χ0n) is 14.6. The normalized spacial score (nSPS) is 20.4. The number of nitrogens with zero attached hydrogens (tertiary/aromatic N) is 1. The number of carbonyl (C=O) groups excluding carboxylic acids is 1. The molecule has 1 heterocycles. The third-order valence-corrected chi connectivity index (χ3v) is 4.78. The standard InChI is InChI=1S/C18H24ClNO5/c1-3-25-16-13(6-4-7-14(16)19)10-15(21)20-9-5-8-18(11-20,12-24-2)17(22)23/h4,6-7H,3,5,8-12H2,1-2H3,(H,22,23). The third kappa shape index (κ3) is 4.44. The molecule has 1 aliphatic rings. The molecule has 1 unspecified atom stereocenters. The van der Waals surface area contributed by atoms with Crippen molar-refractivity contribution in [3.63, 3.8) is 0 Å². The van der Waals surface area contributed by atoms with E-state index in [1.54, 1.807) is 23.1 Å². The number of aliphatic carboxylic acids is 1. The molecule has 1 aromatic carbocycles. The maximum absolute atomic E-state index is 12.7. The molecule has 25 heavy (non-hydrogen) atoms. The molecule has 0 spiro atoms. The summed E-state index contributed by atoms with van der Waals surface area (Å²) in [6.45, 7) is 3.09. The highest BCUT2D eigenvalue weighted by Crippen LogP contribution is 2.33. The topological polar surface area (TPSA) is 76.1 Å². The maximum atomic E-state index is 12.7. The monoisotopic (exact) mass is 369 g/mol. The van der Waals surface area contributed by atoms with Crippen molar-refractivity contribution < 1.29 is 24.2 Å². The molecule has 0 saturated carbocycles. The molecule has 0 bridgehead atoms. The van der Waals surface area contributed by atoms with Crippen molar-refractivity contribution in [3.8, 4) is 5.75 Å². The van der Waals surface area contributed by atoms with Gasteiger partial charge in [0.25, 0.3) is 0 Å². The minimum absolute atomic E-state index is 0.0907. The van der Waals surface area contributed by atoms with Crippen LogP contribution in [0.4, 0.5) is 0 Å². The summed E-state index contributed by atoms with van der Waals surface area (Å²) >= 11 is 6.16. The largest absolute Gasteiger partial charge is 0.492 e. The molecule has 0 radical (unpaired) electrons. The van der Waals surface area contributed by atoms with Gasteiger partial charge in [-0.15, -0.1) is 0 Å². The molecule has 1 aliphatic heterocycles. The average Bonchev–Trinajstić information content (AvgIpc) is 2.58. The number of halogens is 1. The molecular formula is C18H24ClNO5. The van der Waals surface area contributed by atoms with Crippen molar-refractivity contribution >= 4 is 23.5 Å². The summed E-state index contributed by atoms with van der Waals surface area (Å²) in [5.74, 6) is -0.548. The predicted octanol–water partition coefficient (Wildman–Crippen LogP) is 2.62. The third-order valence-electron chi connectivity index (χ3n) is 4.48. The fourth-order valence-electron chi connectivity index (χ4n) is 3.25. The fraction of sp³-hybridized carbons (Fsp3) is 0.556. The lowest BCUT2D eigenvalue weighted by atomic mass is 9.80. The smallest absolute Gasteiger partial charge is 0.313 e. The molecule has 7 heteroatoms. The van der Waals surface area contributed by atoms with Gasteiger partial charge in [-0.2, -0.15) is 0 Å². The number of carboxylic acids is 1. The van der Waals surface area contributed by atoms with Crippen LogP contribution in [-0.4, -0.2) is 55.3 Å². The first-order chi connectivity index (χ1) is 11.9. The molecule has 0 aliphatic carbocycles. The first-order valence-corrected chi connectivity index (χ1v) is 8.71. The van der Waals surface area contributed by atoms with Gasteiger partial charge in [0.1, 0.15) is 11.2 Å². The molecule has 1 fully saturated rings. The van der Waals surface area contributed by atoms with Gasteiger partial charge in [0.05, 0.1) is 24.7 Å². The molecule has 0 aromatic heterocycles. The number of piperidine rings is 1. The van der Waals surface area contributed by atoms with Crippen LogP contribution in [-0.2, 0) is 20.7 Å². The van der Waals surface area contributed by atoms with Crippen LogP contribution in [0.3, 0.4) is 0 Å². The van der Waals surface area contributed by atoms with Crippen molar-refractivity contribution in [1.82, 2.24) is 4.90 Å². The highest BCUT2D eigenvalue weighted by atomic mass is 35.5. The molecule has 138 valence electrons. The van der Waals surface area contributed by atoms with Gasteiger partial charge in [-0.05, 0) is 25.8 Å².